The number of allylic oxidation sites excluding steroid dienone is 1. The summed E-state index contributed by atoms with van der Waals surface area (Å²) in [6.07, 6.45) is 13.4. The van der Waals surface area contributed by atoms with Crippen LogP contribution in [0.3, 0.4) is 0 Å². The van der Waals surface area contributed by atoms with E-state index >= 15 is 0 Å². The van der Waals surface area contributed by atoms with Crippen LogP contribution in [0.2, 0.25) is 0 Å². The van der Waals surface area contributed by atoms with Crippen molar-refractivity contribution in [2.24, 2.45) is 0 Å². The van der Waals surface area contributed by atoms with Crippen LogP contribution in [0.5, 0.6) is 0 Å². The molecule has 3 nitrogen and oxygen atoms in total. The Morgan fingerprint density at radius 2 is 2.06 bits per heavy atom. The number of hydrogen-bond acceptors (Lipinski definition) is 2. The van der Waals surface area contributed by atoms with Crippen LogP contribution < -0.4 is 0 Å². The van der Waals surface area contributed by atoms with E-state index in [1.165, 1.54) is 37.7 Å². The Hall–Kier alpha value is -1.09. The van der Waals surface area contributed by atoms with E-state index in [4.69, 9.17) is 5.10 Å². The Labute approximate surface area is 109 Å². The van der Waals surface area contributed by atoms with Crippen molar-refractivity contribution >= 4 is 0 Å². The highest BCUT2D eigenvalue weighted by Gasteiger charge is 2.17. The smallest absolute Gasteiger partial charge is 0.0726 e. The van der Waals surface area contributed by atoms with Gasteiger partial charge in [-0.15, -0.1) is 0 Å². The van der Waals surface area contributed by atoms with Crippen LogP contribution in [0.1, 0.15) is 56.7 Å². The molecule has 1 unspecified atom stereocenters. The minimum absolute atomic E-state index is 0.222. The zero-order chi connectivity index (χ0) is 12.4. The second-order valence-electron chi connectivity index (χ2n) is 5.69. The highest BCUT2D eigenvalue weighted by Crippen LogP contribution is 2.28. The largest absolute Gasteiger partial charge is 0.389 e. The lowest BCUT2D eigenvalue weighted by Crippen LogP contribution is -2.13. The minimum atomic E-state index is -0.222. The molecule has 1 atom stereocenters. The predicted molar refractivity (Wildman–Crippen MR) is 71.4 cm³/mol. The van der Waals surface area contributed by atoms with Crippen LogP contribution in [0, 0.1) is 0 Å². The molecule has 98 valence electrons. The Morgan fingerprint density at radius 1 is 1.22 bits per heavy atom. The molecule has 2 aliphatic carbocycles. The van der Waals surface area contributed by atoms with Gasteiger partial charge in [0.1, 0.15) is 0 Å². The molecule has 0 spiro atoms. The fourth-order valence-electron chi connectivity index (χ4n) is 3.17. The SMILES string of the molecule is OC1C=C(Cc2ccn(C3CCCCC3)n2)CC1. The molecule has 0 bridgehead atoms. The molecule has 0 saturated heterocycles. The number of nitrogens with zero attached hydrogens (tertiary/aromatic N) is 2. The number of rotatable bonds is 3. The van der Waals surface area contributed by atoms with E-state index in [0.29, 0.717) is 6.04 Å². The van der Waals surface area contributed by atoms with E-state index in [1.54, 1.807) is 0 Å². The first-order valence-electron chi connectivity index (χ1n) is 7.23. The topological polar surface area (TPSA) is 38.0 Å². The van der Waals surface area contributed by atoms with Crippen LogP contribution >= 0.6 is 0 Å². The van der Waals surface area contributed by atoms with Gasteiger partial charge < -0.3 is 5.11 Å². The zero-order valence-corrected chi connectivity index (χ0v) is 10.9. The summed E-state index contributed by atoms with van der Waals surface area (Å²) in [7, 11) is 0. The maximum absolute atomic E-state index is 9.48. The summed E-state index contributed by atoms with van der Waals surface area (Å²) in [5.41, 5.74) is 2.50. The number of hydrogen-bond donors (Lipinski definition) is 1. The number of aromatic nitrogens is 2. The van der Waals surface area contributed by atoms with Crippen LogP contribution in [0.15, 0.2) is 23.9 Å². The fraction of sp³-hybridized carbons (Fsp3) is 0.667. The molecular weight excluding hydrogens is 224 g/mol. The Morgan fingerprint density at radius 3 is 2.78 bits per heavy atom. The molecule has 18 heavy (non-hydrogen) atoms. The van der Waals surface area contributed by atoms with Gasteiger partial charge in [-0.2, -0.15) is 5.10 Å². The maximum Gasteiger partial charge on any atom is 0.0726 e. The van der Waals surface area contributed by atoms with E-state index in [9.17, 15) is 5.11 Å². The first kappa shape index (κ1) is 12.0. The second kappa shape index (κ2) is 5.27. The van der Waals surface area contributed by atoms with Crippen molar-refractivity contribution in [2.45, 2.75) is 63.5 Å². The zero-order valence-electron chi connectivity index (χ0n) is 10.9. The minimum Gasteiger partial charge on any atom is -0.389 e. The summed E-state index contributed by atoms with van der Waals surface area (Å²) in [6, 6.07) is 2.76. The molecule has 0 radical (unpaired) electrons. The summed E-state index contributed by atoms with van der Waals surface area (Å²) in [5, 5.41) is 14.2. The third kappa shape index (κ3) is 2.66. The van der Waals surface area contributed by atoms with Crippen molar-refractivity contribution < 1.29 is 5.11 Å². The Kier molecular flexibility index (Phi) is 3.50. The summed E-state index contributed by atoms with van der Waals surface area (Å²) >= 11 is 0. The highest BCUT2D eigenvalue weighted by atomic mass is 16.3. The van der Waals surface area contributed by atoms with Crippen molar-refractivity contribution in [3.05, 3.63) is 29.6 Å². The lowest BCUT2D eigenvalue weighted by Gasteiger charge is -2.21. The van der Waals surface area contributed by atoms with Crippen molar-refractivity contribution in [2.75, 3.05) is 0 Å². The molecule has 1 aromatic heterocycles. The standard InChI is InChI=1S/C15H22N2O/c18-15-7-6-12(11-15)10-13-8-9-17(16-13)14-4-2-1-3-5-14/h8-9,11,14-15,18H,1-7,10H2. The van der Waals surface area contributed by atoms with Gasteiger partial charge in [-0.05, 0) is 31.7 Å². The van der Waals surface area contributed by atoms with Gasteiger partial charge in [0.25, 0.3) is 0 Å². The average Bonchev–Trinajstić information content (AvgIpc) is 3.01. The number of aliphatic hydroxyl groups is 1. The van der Waals surface area contributed by atoms with Crippen molar-refractivity contribution in [1.82, 2.24) is 9.78 Å². The first-order valence-corrected chi connectivity index (χ1v) is 7.23. The Bertz CT molecular complexity index is 429. The maximum atomic E-state index is 9.48. The molecule has 0 aliphatic heterocycles. The predicted octanol–water partition coefficient (Wildman–Crippen LogP) is 3.01. The monoisotopic (exact) mass is 246 g/mol. The van der Waals surface area contributed by atoms with Gasteiger partial charge in [0.15, 0.2) is 0 Å². The molecule has 2 aliphatic rings. The summed E-state index contributed by atoms with van der Waals surface area (Å²) in [4.78, 5) is 0. The van der Waals surface area contributed by atoms with Crippen molar-refractivity contribution in [1.29, 1.82) is 0 Å². The molecule has 3 rings (SSSR count). The van der Waals surface area contributed by atoms with Gasteiger partial charge >= 0.3 is 0 Å². The van der Waals surface area contributed by atoms with E-state index in [1.807, 2.05) is 6.08 Å². The molecule has 3 heteroatoms. The molecule has 1 N–H and O–H groups in total. The van der Waals surface area contributed by atoms with Gasteiger partial charge in [-0.3, -0.25) is 4.68 Å². The van der Waals surface area contributed by atoms with E-state index in [2.05, 4.69) is 16.9 Å². The van der Waals surface area contributed by atoms with Crippen LogP contribution in [0.25, 0.3) is 0 Å². The van der Waals surface area contributed by atoms with Crippen molar-refractivity contribution in [3.8, 4) is 0 Å². The molecular formula is C15H22N2O. The van der Waals surface area contributed by atoms with Gasteiger partial charge in [0.2, 0.25) is 0 Å². The van der Waals surface area contributed by atoms with Crippen LogP contribution in [-0.2, 0) is 6.42 Å². The third-order valence-electron chi connectivity index (χ3n) is 4.21. The van der Waals surface area contributed by atoms with Crippen LogP contribution in [-0.4, -0.2) is 21.0 Å². The highest BCUT2D eigenvalue weighted by molar-refractivity contribution is 5.19. The lowest BCUT2D eigenvalue weighted by molar-refractivity contribution is 0.223. The number of aliphatic hydroxyl groups excluding tert-OH is 1. The fourth-order valence-corrected chi connectivity index (χ4v) is 3.17. The lowest BCUT2D eigenvalue weighted by atomic mass is 9.96. The molecule has 0 amide bonds. The second-order valence-corrected chi connectivity index (χ2v) is 5.69. The van der Waals surface area contributed by atoms with Gasteiger partial charge in [-0.25, -0.2) is 0 Å². The molecule has 1 aromatic rings. The quantitative estimate of drug-likeness (QED) is 0.833. The summed E-state index contributed by atoms with van der Waals surface area (Å²) < 4.78 is 2.17. The normalized spacial score (nSPS) is 25.4. The van der Waals surface area contributed by atoms with Gasteiger partial charge in [0.05, 0.1) is 17.8 Å². The van der Waals surface area contributed by atoms with Crippen LogP contribution in [0.4, 0.5) is 0 Å². The van der Waals surface area contributed by atoms with E-state index in [0.717, 1.165) is 25.0 Å². The average molecular weight is 246 g/mol. The van der Waals surface area contributed by atoms with Crippen molar-refractivity contribution in [3.63, 3.8) is 0 Å². The summed E-state index contributed by atoms with van der Waals surface area (Å²) in [6.45, 7) is 0. The third-order valence-corrected chi connectivity index (χ3v) is 4.21. The van der Waals surface area contributed by atoms with Gasteiger partial charge in [-0.1, -0.05) is 30.9 Å². The van der Waals surface area contributed by atoms with E-state index < -0.39 is 0 Å². The summed E-state index contributed by atoms with van der Waals surface area (Å²) in [5.74, 6) is 0. The van der Waals surface area contributed by atoms with E-state index in [-0.39, 0.29) is 6.10 Å². The molecule has 1 saturated carbocycles. The first-order chi connectivity index (χ1) is 8.81. The Balaban J connectivity index is 1.64. The van der Waals surface area contributed by atoms with Gasteiger partial charge in [0, 0.05) is 12.6 Å². The molecule has 1 heterocycles. The molecule has 1 fully saturated rings. The molecule has 0 aromatic carbocycles.